The number of hydrogen-bond donors (Lipinski definition) is 2. The van der Waals surface area contributed by atoms with E-state index >= 15 is 0 Å². The molecule has 1 aliphatic heterocycles. The van der Waals surface area contributed by atoms with Gasteiger partial charge in [0.2, 0.25) is 23.6 Å². The SMILES string of the molecule is N=C(OC(=N)c1cccc(-c2nnc(-c3ccc(-c4ccccn4)nc3)o2)c1)C1=CN=C(c2ccccn2)CC1. The highest BCUT2D eigenvalue weighted by atomic mass is 16.5. The highest BCUT2D eigenvalue weighted by Gasteiger charge is 2.18. The smallest absolute Gasteiger partial charge is 0.249 e. The molecule has 5 aromatic rings. The summed E-state index contributed by atoms with van der Waals surface area (Å²) < 4.78 is 11.5. The van der Waals surface area contributed by atoms with Crippen molar-refractivity contribution >= 4 is 17.5 Å². The van der Waals surface area contributed by atoms with Crippen LogP contribution >= 0.6 is 0 Å². The van der Waals surface area contributed by atoms with E-state index in [0.29, 0.717) is 46.9 Å². The van der Waals surface area contributed by atoms with E-state index in [0.717, 1.165) is 22.8 Å². The number of nitrogens with one attached hydrogen (secondary N) is 2. The Hall–Kier alpha value is -5.64. The van der Waals surface area contributed by atoms with Gasteiger partial charge in [0.1, 0.15) is 0 Å². The lowest BCUT2D eigenvalue weighted by molar-refractivity contribution is 0.533. The van der Waals surface area contributed by atoms with E-state index in [9.17, 15) is 0 Å². The van der Waals surface area contributed by atoms with Gasteiger partial charge in [-0.25, -0.2) is 0 Å². The monoisotopic (exact) mass is 526 g/mol. The van der Waals surface area contributed by atoms with Crippen molar-refractivity contribution in [2.24, 2.45) is 4.99 Å². The van der Waals surface area contributed by atoms with Crippen LogP contribution in [-0.4, -0.2) is 42.7 Å². The third-order valence-corrected chi connectivity index (χ3v) is 6.20. The minimum Gasteiger partial charge on any atom is -0.421 e. The topological polar surface area (TPSA) is 147 Å². The van der Waals surface area contributed by atoms with Crippen molar-refractivity contribution in [2.45, 2.75) is 12.8 Å². The van der Waals surface area contributed by atoms with Crippen LogP contribution < -0.4 is 0 Å². The Bertz CT molecular complexity index is 1740. The van der Waals surface area contributed by atoms with Crippen LogP contribution in [0.4, 0.5) is 0 Å². The Morgan fingerprint density at radius 3 is 2.12 bits per heavy atom. The van der Waals surface area contributed by atoms with Crippen LogP contribution in [0, 0.1) is 10.8 Å². The molecule has 0 radical (unpaired) electrons. The lowest BCUT2D eigenvalue weighted by atomic mass is 10.0. The number of pyridine rings is 3. The molecule has 1 aliphatic rings. The van der Waals surface area contributed by atoms with Crippen LogP contribution in [0.1, 0.15) is 24.1 Å². The quantitative estimate of drug-likeness (QED) is 0.212. The fourth-order valence-electron chi connectivity index (χ4n) is 4.10. The van der Waals surface area contributed by atoms with Crippen molar-refractivity contribution in [3.05, 3.63) is 114 Å². The zero-order chi connectivity index (χ0) is 27.3. The number of aromatic nitrogens is 5. The first kappa shape index (κ1) is 24.7. The van der Waals surface area contributed by atoms with Crippen LogP contribution in [0.3, 0.4) is 0 Å². The van der Waals surface area contributed by atoms with Gasteiger partial charge < -0.3 is 9.15 Å². The van der Waals surface area contributed by atoms with Crippen LogP contribution in [0.2, 0.25) is 0 Å². The maximum Gasteiger partial charge on any atom is 0.249 e. The lowest BCUT2D eigenvalue weighted by Gasteiger charge is -2.15. The summed E-state index contributed by atoms with van der Waals surface area (Å²) in [7, 11) is 0. The maximum atomic E-state index is 8.43. The van der Waals surface area contributed by atoms with Gasteiger partial charge in [-0.1, -0.05) is 18.2 Å². The molecule has 0 amide bonds. The van der Waals surface area contributed by atoms with Crippen molar-refractivity contribution < 1.29 is 9.15 Å². The van der Waals surface area contributed by atoms with Gasteiger partial charge >= 0.3 is 0 Å². The zero-order valence-corrected chi connectivity index (χ0v) is 21.2. The van der Waals surface area contributed by atoms with Gasteiger partial charge in [0.15, 0.2) is 0 Å². The summed E-state index contributed by atoms with van der Waals surface area (Å²) >= 11 is 0. The summed E-state index contributed by atoms with van der Waals surface area (Å²) in [6.45, 7) is 0. The Balaban J connectivity index is 1.13. The fourth-order valence-corrected chi connectivity index (χ4v) is 4.10. The molecule has 194 valence electrons. The van der Waals surface area contributed by atoms with Gasteiger partial charge in [0.25, 0.3) is 0 Å². The molecular formula is C30H22N8O2. The number of rotatable bonds is 6. The highest BCUT2D eigenvalue weighted by molar-refractivity contribution is 6.07. The molecule has 0 bridgehead atoms. The van der Waals surface area contributed by atoms with E-state index in [2.05, 4.69) is 30.1 Å². The molecule has 4 aromatic heterocycles. The Kier molecular flexibility index (Phi) is 6.79. The van der Waals surface area contributed by atoms with E-state index in [1.165, 1.54) is 0 Å². The second-order valence-corrected chi connectivity index (χ2v) is 8.85. The minimum absolute atomic E-state index is 0.110. The third-order valence-electron chi connectivity index (χ3n) is 6.20. The summed E-state index contributed by atoms with van der Waals surface area (Å²) in [5.41, 5.74) is 5.57. The summed E-state index contributed by atoms with van der Waals surface area (Å²) in [6, 6.07) is 22.0. The maximum absolute atomic E-state index is 8.43. The molecule has 0 aliphatic carbocycles. The molecule has 0 unspecified atom stereocenters. The van der Waals surface area contributed by atoms with Gasteiger partial charge in [-0.05, 0) is 67.4 Å². The molecule has 6 rings (SSSR count). The summed E-state index contributed by atoms with van der Waals surface area (Å²) in [5, 5.41) is 25.1. The molecule has 0 spiro atoms. The average Bonchev–Trinajstić information content (AvgIpc) is 3.53. The van der Waals surface area contributed by atoms with Crippen LogP contribution in [0.5, 0.6) is 0 Å². The normalized spacial score (nSPS) is 12.8. The van der Waals surface area contributed by atoms with Crippen molar-refractivity contribution in [3.63, 3.8) is 0 Å². The number of nitrogens with zero attached hydrogens (tertiary/aromatic N) is 6. The van der Waals surface area contributed by atoms with Crippen molar-refractivity contribution in [1.29, 1.82) is 10.8 Å². The first-order valence-corrected chi connectivity index (χ1v) is 12.5. The largest absolute Gasteiger partial charge is 0.421 e. The molecule has 10 nitrogen and oxygen atoms in total. The minimum atomic E-state index is -0.165. The molecule has 0 saturated heterocycles. The van der Waals surface area contributed by atoms with Crippen LogP contribution in [0.15, 0.2) is 113 Å². The molecule has 40 heavy (non-hydrogen) atoms. The van der Waals surface area contributed by atoms with Gasteiger partial charge in [-0.2, -0.15) is 0 Å². The molecular weight excluding hydrogens is 504 g/mol. The Morgan fingerprint density at radius 2 is 1.45 bits per heavy atom. The van der Waals surface area contributed by atoms with Crippen LogP contribution in [0.25, 0.3) is 34.3 Å². The first-order valence-electron chi connectivity index (χ1n) is 12.5. The Labute approximate surface area is 229 Å². The predicted molar refractivity (Wildman–Crippen MR) is 150 cm³/mol. The van der Waals surface area contributed by atoms with Gasteiger partial charge in [0, 0.05) is 41.5 Å². The lowest BCUT2D eigenvalue weighted by Crippen LogP contribution is -2.17. The Morgan fingerprint density at radius 1 is 0.700 bits per heavy atom. The van der Waals surface area contributed by atoms with Gasteiger partial charge in [-0.3, -0.25) is 30.8 Å². The molecule has 0 atom stereocenters. The third kappa shape index (κ3) is 5.32. The second-order valence-electron chi connectivity index (χ2n) is 8.85. The summed E-state index contributed by atoms with van der Waals surface area (Å²) in [5.74, 6) is 0.339. The number of aliphatic imine (C=N–C) groups is 1. The van der Waals surface area contributed by atoms with E-state index < -0.39 is 0 Å². The number of ether oxygens (including phenoxy) is 1. The zero-order valence-electron chi connectivity index (χ0n) is 21.2. The van der Waals surface area contributed by atoms with Crippen molar-refractivity contribution in [2.75, 3.05) is 0 Å². The van der Waals surface area contributed by atoms with Gasteiger partial charge in [0.05, 0.1) is 28.4 Å². The molecule has 0 saturated carbocycles. The predicted octanol–water partition coefficient (Wildman–Crippen LogP) is 5.74. The number of hydrogen-bond acceptors (Lipinski definition) is 10. The van der Waals surface area contributed by atoms with E-state index in [-0.39, 0.29) is 11.8 Å². The van der Waals surface area contributed by atoms with Crippen molar-refractivity contribution in [1.82, 2.24) is 25.1 Å². The average molecular weight is 527 g/mol. The molecule has 2 N–H and O–H groups in total. The van der Waals surface area contributed by atoms with Crippen molar-refractivity contribution in [3.8, 4) is 34.3 Å². The molecule has 0 fully saturated rings. The van der Waals surface area contributed by atoms with E-state index in [4.69, 9.17) is 20.0 Å². The number of benzene rings is 1. The second kappa shape index (κ2) is 11.0. The molecule has 10 heteroatoms. The molecule has 1 aromatic carbocycles. The molecule has 5 heterocycles. The van der Waals surface area contributed by atoms with Gasteiger partial charge in [-0.15, -0.1) is 10.2 Å². The summed E-state index contributed by atoms with van der Waals surface area (Å²) in [4.78, 5) is 17.5. The first-order chi connectivity index (χ1) is 19.6. The van der Waals surface area contributed by atoms with E-state index in [1.807, 2.05) is 48.5 Å². The standard InChI is InChI=1S/C30H22N8O2/c31-27(39-28(32)21-10-12-25(35-17-21)23-8-1-3-14-33-23)19-6-5-7-20(16-19)29-37-38-30(40-29)22-11-13-26(36-18-22)24-9-2-4-15-34-24/h1-9,11,13-18,31-32H,10,12H2. The summed E-state index contributed by atoms with van der Waals surface area (Å²) in [6.07, 6.45) is 7.93. The fraction of sp³-hybridized carbons (Fsp3) is 0.0667. The van der Waals surface area contributed by atoms with Crippen LogP contribution in [-0.2, 0) is 4.74 Å². The highest BCUT2D eigenvalue weighted by Crippen LogP contribution is 2.26. The van der Waals surface area contributed by atoms with E-state index in [1.54, 1.807) is 49.1 Å².